The molecule has 0 radical (unpaired) electrons. The van der Waals surface area contributed by atoms with E-state index < -0.39 is 0 Å². The van der Waals surface area contributed by atoms with E-state index in [2.05, 4.69) is 18.4 Å². The van der Waals surface area contributed by atoms with E-state index >= 15 is 0 Å². The van der Waals surface area contributed by atoms with E-state index in [1.165, 1.54) is 32.8 Å². The molecule has 0 aromatic rings. The van der Waals surface area contributed by atoms with Gasteiger partial charge in [0, 0.05) is 12.1 Å². The monoisotopic (exact) mass is 211 g/mol. The van der Waals surface area contributed by atoms with E-state index in [1.54, 1.807) is 0 Å². The molecular weight excluding hydrogens is 190 g/mol. The van der Waals surface area contributed by atoms with Gasteiger partial charge in [0.2, 0.25) is 0 Å². The van der Waals surface area contributed by atoms with Crippen molar-refractivity contribution in [3.63, 3.8) is 0 Å². The molecule has 15 heavy (non-hydrogen) atoms. The Labute approximate surface area is 92.1 Å². The molecule has 0 bridgehead atoms. The molecule has 3 nitrogen and oxygen atoms in total. The van der Waals surface area contributed by atoms with Crippen LogP contribution in [0.4, 0.5) is 0 Å². The van der Waals surface area contributed by atoms with Crippen molar-refractivity contribution in [2.45, 2.75) is 44.7 Å². The Morgan fingerprint density at radius 2 is 2.20 bits per heavy atom. The molecule has 0 aliphatic heterocycles. The topological polar surface area (TPSA) is 29.5 Å². The second-order valence-corrected chi connectivity index (χ2v) is 4.16. The van der Waals surface area contributed by atoms with Gasteiger partial charge in [0.05, 0.1) is 13.7 Å². The molecule has 1 saturated carbocycles. The van der Waals surface area contributed by atoms with E-state index in [1.807, 2.05) is 6.08 Å². The summed E-state index contributed by atoms with van der Waals surface area (Å²) in [5.41, 5.74) is 0. The highest BCUT2D eigenvalue weighted by Gasteiger charge is 2.26. The minimum atomic E-state index is -0.157. The maximum Gasteiger partial charge on any atom is 0.319 e. The lowest BCUT2D eigenvalue weighted by molar-refractivity contribution is -0.142. The third-order valence-corrected chi connectivity index (χ3v) is 3.20. The van der Waals surface area contributed by atoms with Crippen LogP contribution < -0.4 is 0 Å². The quantitative estimate of drug-likeness (QED) is 0.514. The van der Waals surface area contributed by atoms with E-state index in [9.17, 15) is 4.79 Å². The van der Waals surface area contributed by atoms with E-state index in [4.69, 9.17) is 4.74 Å². The smallest absolute Gasteiger partial charge is 0.319 e. The summed E-state index contributed by atoms with van der Waals surface area (Å²) in [4.78, 5) is 13.5. The predicted octanol–water partition coefficient (Wildman–Crippen LogP) is 1.98. The zero-order valence-corrected chi connectivity index (χ0v) is 9.74. The molecule has 1 atom stereocenters. The summed E-state index contributed by atoms with van der Waals surface area (Å²) < 4.78 is 4.72. The first-order valence-corrected chi connectivity index (χ1v) is 5.64. The van der Waals surface area contributed by atoms with Gasteiger partial charge in [0.25, 0.3) is 0 Å². The first-order chi connectivity index (χ1) is 7.19. The number of carbonyl (C=O) groups is 1. The first-order valence-electron chi connectivity index (χ1n) is 5.64. The van der Waals surface area contributed by atoms with Crippen molar-refractivity contribution in [2.75, 3.05) is 13.7 Å². The number of ether oxygens (including phenoxy) is 1. The third-order valence-electron chi connectivity index (χ3n) is 3.20. The van der Waals surface area contributed by atoms with Crippen molar-refractivity contribution < 1.29 is 9.53 Å². The molecule has 1 fully saturated rings. The fourth-order valence-corrected chi connectivity index (χ4v) is 2.19. The summed E-state index contributed by atoms with van der Waals surface area (Å²) in [6, 6.07) is 0.768. The van der Waals surface area contributed by atoms with Crippen molar-refractivity contribution >= 4 is 5.97 Å². The van der Waals surface area contributed by atoms with Gasteiger partial charge in [-0.2, -0.15) is 0 Å². The molecule has 0 heterocycles. The zero-order valence-electron chi connectivity index (χ0n) is 9.74. The number of hydrogen-bond donors (Lipinski definition) is 0. The maximum atomic E-state index is 11.3. The van der Waals surface area contributed by atoms with Gasteiger partial charge in [-0.05, 0) is 19.8 Å². The van der Waals surface area contributed by atoms with Crippen LogP contribution in [0.15, 0.2) is 12.7 Å². The average molecular weight is 211 g/mol. The fourth-order valence-electron chi connectivity index (χ4n) is 2.19. The Kier molecular flexibility index (Phi) is 4.82. The van der Waals surface area contributed by atoms with Crippen LogP contribution >= 0.6 is 0 Å². The fraction of sp³-hybridized carbons (Fsp3) is 0.750. The SMILES string of the molecule is C=CC(C)N(CC(=O)OC)C1CCCC1. The summed E-state index contributed by atoms with van der Waals surface area (Å²) in [5.74, 6) is -0.157. The van der Waals surface area contributed by atoms with Crippen molar-refractivity contribution in [1.82, 2.24) is 4.90 Å². The molecule has 3 heteroatoms. The highest BCUT2D eigenvalue weighted by atomic mass is 16.5. The summed E-state index contributed by atoms with van der Waals surface area (Å²) in [6.45, 7) is 6.25. The van der Waals surface area contributed by atoms with Gasteiger partial charge in [-0.1, -0.05) is 18.9 Å². The Morgan fingerprint density at radius 3 is 2.67 bits per heavy atom. The third kappa shape index (κ3) is 3.34. The molecule has 0 N–H and O–H groups in total. The lowest BCUT2D eigenvalue weighted by Crippen LogP contribution is -2.43. The van der Waals surface area contributed by atoms with Gasteiger partial charge < -0.3 is 4.74 Å². The van der Waals surface area contributed by atoms with Crippen molar-refractivity contribution in [2.24, 2.45) is 0 Å². The van der Waals surface area contributed by atoms with Crippen LogP contribution in [0.3, 0.4) is 0 Å². The first kappa shape index (κ1) is 12.2. The molecule has 0 aromatic carbocycles. The van der Waals surface area contributed by atoms with Crippen LogP contribution in [0.25, 0.3) is 0 Å². The molecule has 0 spiro atoms. The maximum absolute atomic E-state index is 11.3. The molecule has 0 saturated heterocycles. The molecule has 1 unspecified atom stereocenters. The van der Waals surface area contributed by atoms with Crippen LogP contribution in [0, 0.1) is 0 Å². The summed E-state index contributed by atoms with van der Waals surface area (Å²) in [7, 11) is 1.44. The van der Waals surface area contributed by atoms with Gasteiger partial charge in [0.15, 0.2) is 0 Å². The summed E-state index contributed by atoms with van der Waals surface area (Å²) in [5, 5.41) is 0. The molecule has 1 rings (SSSR count). The van der Waals surface area contributed by atoms with Gasteiger partial charge in [-0.3, -0.25) is 9.69 Å². The Bertz CT molecular complexity index is 222. The van der Waals surface area contributed by atoms with Crippen LogP contribution in [-0.2, 0) is 9.53 Å². The lowest BCUT2D eigenvalue weighted by Gasteiger charge is -2.31. The Balaban J connectivity index is 2.59. The standard InChI is InChI=1S/C12H21NO2/c1-4-10(2)13(9-12(14)15-3)11-7-5-6-8-11/h4,10-11H,1,5-9H2,2-3H3. The number of rotatable bonds is 5. The largest absolute Gasteiger partial charge is 0.468 e. The lowest BCUT2D eigenvalue weighted by atomic mass is 10.1. The summed E-state index contributed by atoms with van der Waals surface area (Å²) >= 11 is 0. The molecule has 0 aromatic heterocycles. The van der Waals surface area contributed by atoms with Gasteiger partial charge in [-0.25, -0.2) is 0 Å². The molecule has 0 amide bonds. The molecule has 86 valence electrons. The van der Waals surface area contributed by atoms with E-state index in [0.717, 1.165) is 0 Å². The van der Waals surface area contributed by atoms with Crippen molar-refractivity contribution in [3.05, 3.63) is 12.7 Å². The van der Waals surface area contributed by atoms with Crippen LogP contribution in [0.1, 0.15) is 32.6 Å². The summed E-state index contributed by atoms with van der Waals surface area (Å²) in [6.07, 6.45) is 6.81. The van der Waals surface area contributed by atoms with Gasteiger partial charge >= 0.3 is 5.97 Å². The number of nitrogens with zero attached hydrogens (tertiary/aromatic N) is 1. The normalized spacial score (nSPS) is 19.1. The van der Waals surface area contributed by atoms with E-state index in [-0.39, 0.29) is 12.0 Å². The number of carbonyl (C=O) groups excluding carboxylic acids is 1. The highest BCUT2D eigenvalue weighted by Crippen LogP contribution is 2.25. The molecule has 1 aliphatic carbocycles. The zero-order chi connectivity index (χ0) is 11.3. The molecule has 1 aliphatic rings. The number of hydrogen-bond acceptors (Lipinski definition) is 3. The number of esters is 1. The second kappa shape index (κ2) is 5.91. The van der Waals surface area contributed by atoms with Crippen LogP contribution in [0.2, 0.25) is 0 Å². The molecular formula is C12H21NO2. The van der Waals surface area contributed by atoms with Crippen LogP contribution in [0.5, 0.6) is 0 Å². The van der Waals surface area contributed by atoms with Gasteiger partial charge in [0.1, 0.15) is 0 Å². The average Bonchev–Trinajstić information content (AvgIpc) is 2.77. The number of methoxy groups -OCH3 is 1. The minimum absolute atomic E-state index is 0.157. The van der Waals surface area contributed by atoms with Gasteiger partial charge in [-0.15, -0.1) is 6.58 Å². The highest BCUT2D eigenvalue weighted by molar-refractivity contribution is 5.71. The predicted molar refractivity (Wildman–Crippen MR) is 60.6 cm³/mol. The Morgan fingerprint density at radius 1 is 1.60 bits per heavy atom. The Hall–Kier alpha value is -0.830. The second-order valence-electron chi connectivity index (χ2n) is 4.16. The minimum Gasteiger partial charge on any atom is -0.468 e. The van der Waals surface area contributed by atoms with Crippen molar-refractivity contribution in [1.29, 1.82) is 0 Å². The van der Waals surface area contributed by atoms with Crippen molar-refractivity contribution in [3.8, 4) is 0 Å². The van der Waals surface area contributed by atoms with Crippen LogP contribution in [-0.4, -0.2) is 36.6 Å². The van der Waals surface area contributed by atoms with E-state index in [0.29, 0.717) is 12.6 Å².